The van der Waals surface area contributed by atoms with Gasteiger partial charge in [-0.2, -0.15) is 0 Å². The summed E-state index contributed by atoms with van der Waals surface area (Å²) in [4.78, 5) is 0. The van der Waals surface area contributed by atoms with E-state index in [1.54, 1.807) is 14.2 Å². The number of benzene rings is 1. The molecule has 1 aliphatic carbocycles. The Balaban J connectivity index is 2.08. The van der Waals surface area contributed by atoms with Crippen LogP contribution in [0.25, 0.3) is 0 Å². The van der Waals surface area contributed by atoms with Gasteiger partial charge >= 0.3 is 0 Å². The van der Waals surface area contributed by atoms with Gasteiger partial charge in [0, 0.05) is 31.7 Å². The highest BCUT2D eigenvalue weighted by atomic mass is 28.4. The first-order valence-electron chi connectivity index (χ1n) is 13.5. The zero-order valence-electron chi connectivity index (χ0n) is 25.0. The number of hydrogen-bond acceptors (Lipinski definition) is 6. The summed E-state index contributed by atoms with van der Waals surface area (Å²) < 4.78 is 28.8. The standard InChI is InChI=1S/C30H52O6Si/c1-22(19-35-20-24-12-14-25(33-9)15-13-24)18-23(2)30(31)26(16-17-34-21-32-8)27(29(30,6)7)36-37(10,11)28(3,4)5/h12-15,22,26-27,31H,2,16-21H2,1,3-11H3/t22-,26-,27+,30-/m0/s1. The second-order valence-electron chi connectivity index (χ2n) is 12.8. The molecule has 1 fully saturated rings. The van der Waals surface area contributed by atoms with Crippen LogP contribution >= 0.6 is 0 Å². The van der Waals surface area contributed by atoms with Gasteiger partial charge in [0.15, 0.2) is 8.32 Å². The zero-order chi connectivity index (χ0) is 28.1. The molecule has 0 aliphatic heterocycles. The SMILES string of the molecule is C=C(C[C@H](C)COCc1ccc(OC)cc1)[C@]1(O)[C@@H](CCOCOC)[C@@H](O[Si](C)(C)C(C)(C)C)C1(C)C. The van der Waals surface area contributed by atoms with Crippen molar-refractivity contribution in [3.63, 3.8) is 0 Å². The van der Waals surface area contributed by atoms with Gasteiger partial charge in [0.25, 0.3) is 0 Å². The molecule has 0 spiro atoms. The summed E-state index contributed by atoms with van der Waals surface area (Å²) >= 11 is 0. The van der Waals surface area contributed by atoms with Crippen LogP contribution < -0.4 is 4.74 Å². The molecular weight excluding hydrogens is 484 g/mol. The molecule has 0 saturated heterocycles. The normalized spacial score (nSPS) is 24.4. The molecule has 0 amide bonds. The molecule has 2 rings (SSSR count). The van der Waals surface area contributed by atoms with Crippen LogP contribution in [0.1, 0.15) is 59.9 Å². The number of hydrogen-bond donors (Lipinski definition) is 1. The van der Waals surface area contributed by atoms with Crippen molar-refractivity contribution in [2.45, 2.75) is 90.8 Å². The predicted molar refractivity (Wildman–Crippen MR) is 152 cm³/mol. The van der Waals surface area contributed by atoms with Gasteiger partial charge in [-0.3, -0.25) is 0 Å². The van der Waals surface area contributed by atoms with Crippen LogP contribution in [0.15, 0.2) is 36.4 Å². The van der Waals surface area contributed by atoms with E-state index >= 15 is 0 Å². The third-order valence-electron chi connectivity index (χ3n) is 8.56. The van der Waals surface area contributed by atoms with Gasteiger partial charge in [0.1, 0.15) is 12.5 Å². The Bertz CT molecular complexity index is 860. The first-order valence-corrected chi connectivity index (χ1v) is 16.4. The zero-order valence-corrected chi connectivity index (χ0v) is 26.0. The average molecular weight is 537 g/mol. The molecule has 1 saturated carbocycles. The molecular formula is C30H52O6Si. The number of methoxy groups -OCH3 is 2. The van der Waals surface area contributed by atoms with Crippen LogP contribution in [0.4, 0.5) is 0 Å². The number of aliphatic hydroxyl groups is 1. The Morgan fingerprint density at radius 3 is 2.27 bits per heavy atom. The molecule has 212 valence electrons. The lowest BCUT2D eigenvalue weighted by Gasteiger charge is -2.66. The minimum Gasteiger partial charge on any atom is -0.497 e. The van der Waals surface area contributed by atoms with E-state index in [1.165, 1.54) is 0 Å². The maximum Gasteiger partial charge on any atom is 0.192 e. The van der Waals surface area contributed by atoms with E-state index < -0.39 is 19.3 Å². The monoisotopic (exact) mass is 536 g/mol. The molecule has 1 aromatic rings. The highest BCUT2D eigenvalue weighted by Gasteiger charge is 2.69. The van der Waals surface area contributed by atoms with E-state index in [4.69, 9.17) is 23.4 Å². The van der Waals surface area contributed by atoms with Crippen LogP contribution in [-0.2, 0) is 25.2 Å². The smallest absolute Gasteiger partial charge is 0.192 e. The van der Waals surface area contributed by atoms with Crippen molar-refractivity contribution < 1.29 is 28.5 Å². The fourth-order valence-corrected chi connectivity index (χ4v) is 6.66. The van der Waals surface area contributed by atoms with Crippen molar-refractivity contribution in [1.82, 2.24) is 0 Å². The molecule has 0 unspecified atom stereocenters. The average Bonchev–Trinajstić information content (AvgIpc) is 2.82. The topological polar surface area (TPSA) is 66.4 Å². The Labute approximate surface area is 226 Å². The Hall–Kier alpha value is -1.22. The lowest BCUT2D eigenvalue weighted by Crippen LogP contribution is -2.74. The van der Waals surface area contributed by atoms with E-state index in [9.17, 15) is 5.11 Å². The van der Waals surface area contributed by atoms with E-state index in [0.29, 0.717) is 32.7 Å². The lowest BCUT2D eigenvalue weighted by molar-refractivity contribution is -0.256. The van der Waals surface area contributed by atoms with Crippen LogP contribution in [0.2, 0.25) is 18.1 Å². The van der Waals surface area contributed by atoms with Crippen molar-refractivity contribution >= 4 is 8.32 Å². The van der Waals surface area contributed by atoms with Crippen molar-refractivity contribution in [2.75, 3.05) is 34.2 Å². The summed E-state index contributed by atoms with van der Waals surface area (Å²) in [6, 6.07) is 7.91. The van der Waals surface area contributed by atoms with E-state index in [2.05, 4.69) is 61.2 Å². The van der Waals surface area contributed by atoms with Crippen LogP contribution in [0.3, 0.4) is 0 Å². The predicted octanol–water partition coefficient (Wildman–Crippen LogP) is 6.58. The second-order valence-corrected chi connectivity index (χ2v) is 17.5. The first-order chi connectivity index (χ1) is 17.1. The maximum absolute atomic E-state index is 12.2. The van der Waals surface area contributed by atoms with E-state index in [0.717, 1.165) is 16.9 Å². The minimum absolute atomic E-state index is 0.0667. The van der Waals surface area contributed by atoms with Gasteiger partial charge in [0.05, 0.1) is 25.4 Å². The quantitative estimate of drug-likeness (QED) is 0.118. The molecule has 0 radical (unpaired) electrons. The molecule has 0 aromatic heterocycles. The summed E-state index contributed by atoms with van der Waals surface area (Å²) in [6.07, 6.45) is 1.30. The van der Waals surface area contributed by atoms with Gasteiger partial charge < -0.3 is 28.5 Å². The first kappa shape index (κ1) is 32.0. The van der Waals surface area contributed by atoms with Crippen LogP contribution in [0.5, 0.6) is 5.75 Å². The van der Waals surface area contributed by atoms with Crippen LogP contribution in [-0.4, -0.2) is 59.4 Å². The largest absolute Gasteiger partial charge is 0.497 e. The molecule has 1 aromatic carbocycles. The van der Waals surface area contributed by atoms with Crippen molar-refractivity contribution in [3.05, 3.63) is 42.0 Å². The van der Waals surface area contributed by atoms with Gasteiger partial charge in [-0.25, -0.2) is 0 Å². The number of rotatable bonds is 15. The fraction of sp³-hybridized carbons (Fsp3) is 0.733. The van der Waals surface area contributed by atoms with Gasteiger partial charge in [-0.15, -0.1) is 0 Å². The highest BCUT2D eigenvalue weighted by molar-refractivity contribution is 6.74. The molecule has 0 heterocycles. The van der Waals surface area contributed by atoms with Crippen molar-refractivity contribution in [3.8, 4) is 5.75 Å². The molecule has 1 N–H and O–H groups in total. The second kappa shape index (κ2) is 12.8. The molecule has 4 atom stereocenters. The summed E-state index contributed by atoms with van der Waals surface area (Å²) in [5.74, 6) is 0.965. The fourth-order valence-electron chi connectivity index (χ4n) is 5.21. The Morgan fingerprint density at radius 1 is 1.11 bits per heavy atom. The van der Waals surface area contributed by atoms with Gasteiger partial charge in [-0.05, 0) is 60.2 Å². The molecule has 1 aliphatic rings. The summed E-state index contributed by atoms with van der Waals surface area (Å²) in [5, 5.41) is 12.3. The third-order valence-corrected chi connectivity index (χ3v) is 13.0. The van der Waals surface area contributed by atoms with Gasteiger partial charge in [0.2, 0.25) is 0 Å². The summed E-state index contributed by atoms with van der Waals surface area (Å²) in [5.41, 5.74) is 0.452. The third kappa shape index (κ3) is 7.25. The molecule has 37 heavy (non-hydrogen) atoms. The highest BCUT2D eigenvalue weighted by Crippen LogP contribution is 2.62. The Kier molecular flexibility index (Phi) is 11.0. The van der Waals surface area contributed by atoms with E-state index in [1.807, 2.05) is 24.3 Å². The maximum atomic E-state index is 12.2. The lowest BCUT2D eigenvalue weighted by atomic mass is 9.46. The number of ether oxygens (including phenoxy) is 4. The van der Waals surface area contributed by atoms with E-state index in [-0.39, 0.29) is 29.8 Å². The molecule has 0 bridgehead atoms. The summed E-state index contributed by atoms with van der Waals surface area (Å²) in [7, 11) is 1.24. The van der Waals surface area contributed by atoms with Crippen LogP contribution in [0, 0.1) is 17.3 Å². The minimum atomic E-state index is -2.04. The molecule has 7 heteroatoms. The van der Waals surface area contributed by atoms with Crippen molar-refractivity contribution in [1.29, 1.82) is 0 Å². The van der Waals surface area contributed by atoms with Gasteiger partial charge in [-0.1, -0.05) is 60.3 Å². The summed E-state index contributed by atoms with van der Waals surface area (Å²) in [6.45, 7) is 24.0. The van der Waals surface area contributed by atoms with Crippen molar-refractivity contribution in [2.24, 2.45) is 17.3 Å². The molecule has 6 nitrogen and oxygen atoms in total. The Morgan fingerprint density at radius 2 is 1.73 bits per heavy atom.